The molecule has 3 heteroatoms. The summed E-state index contributed by atoms with van der Waals surface area (Å²) in [4.78, 5) is 13.8. The smallest absolute Gasteiger partial charge is 0.222 e. The van der Waals surface area contributed by atoms with E-state index in [-0.39, 0.29) is 5.91 Å². The number of carbonyl (C=O) groups is 1. The van der Waals surface area contributed by atoms with Crippen LogP contribution in [0.1, 0.15) is 18.4 Å². The van der Waals surface area contributed by atoms with Crippen LogP contribution in [-0.4, -0.2) is 30.9 Å². The third kappa shape index (κ3) is 3.56. The lowest BCUT2D eigenvalue weighted by Gasteiger charge is -2.19. The Bertz CT molecular complexity index is 358. The van der Waals surface area contributed by atoms with Crippen molar-refractivity contribution >= 4 is 5.91 Å². The van der Waals surface area contributed by atoms with Gasteiger partial charge in [-0.2, -0.15) is 0 Å². The minimum Gasteiger partial charge on any atom is -0.341 e. The molecular weight excluding hydrogens is 212 g/mol. The second-order valence-corrected chi connectivity index (χ2v) is 4.80. The molecule has 1 atom stereocenters. The summed E-state index contributed by atoms with van der Waals surface area (Å²) < 4.78 is 0. The van der Waals surface area contributed by atoms with E-state index in [2.05, 4.69) is 17.4 Å². The third-order valence-electron chi connectivity index (χ3n) is 3.31. The SMILES string of the molecule is CN(Cc1ccccc1)C(=O)CC1CCNC1. The molecule has 1 aliphatic heterocycles. The van der Waals surface area contributed by atoms with E-state index in [0.29, 0.717) is 18.9 Å². The molecule has 1 heterocycles. The fraction of sp³-hybridized carbons (Fsp3) is 0.500. The van der Waals surface area contributed by atoms with Crippen LogP contribution in [0, 0.1) is 5.92 Å². The van der Waals surface area contributed by atoms with Crippen molar-refractivity contribution in [3.8, 4) is 0 Å². The van der Waals surface area contributed by atoms with E-state index in [0.717, 1.165) is 19.5 Å². The maximum atomic E-state index is 12.0. The molecule has 0 spiro atoms. The van der Waals surface area contributed by atoms with Crippen LogP contribution in [0.5, 0.6) is 0 Å². The van der Waals surface area contributed by atoms with Gasteiger partial charge in [0.2, 0.25) is 5.91 Å². The van der Waals surface area contributed by atoms with Crippen LogP contribution < -0.4 is 5.32 Å². The molecule has 0 radical (unpaired) electrons. The Morgan fingerprint density at radius 1 is 1.41 bits per heavy atom. The Hall–Kier alpha value is -1.35. The van der Waals surface area contributed by atoms with E-state index in [1.54, 1.807) is 0 Å². The van der Waals surface area contributed by atoms with E-state index >= 15 is 0 Å². The molecule has 17 heavy (non-hydrogen) atoms. The van der Waals surface area contributed by atoms with Crippen LogP contribution in [0.2, 0.25) is 0 Å². The van der Waals surface area contributed by atoms with Gasteiger partial charge in [-0.05, 0) is 31.0 Å². The molecule has 3 nitrogen and oxygen atoms in total. The van der Waals surface area contributed by atoms with Crippen LogP contribution >= 0.6 is 0 Å². The fourth-order valence-corrected chi connectivity index (χ4v) is 2.24. The van der Waals surface area contributed by atoms with Gasteiger partial charge < -0.3 is 10.2 Å². The number of amides is 1. The van der Waals surface area contributed by atoms with Crippen molar-refractivity contribution in [2.45, 2.75) is 19.4 Å². The molecule has 1 N–H and O–H groups in total. The molecule has 1 aromatic carbocycles. The number of nitrogens with zero attached hydrogens (tertiary/aromatic N) is 1. The van der Waals surface area contributed by atoms with Gasteiger partial charge in [0, 0.05) is 20.0 Å². The van der Waals surface area contributed by atoms with Crippen molar-refractivity contribution in [2.24, 2.45) is 5.92 Å². The molecule has 0 saturated carbocycles. The van der Waals surface area contributed by atoms with E-state index in [4.69, 9.17) is 0 Å². The second-order valence-electron chi connectivity index (χ2n) is 4.80. The van der Waals surface area contributed by atoms with Gasteiger partial charge in [-0.3, -0.25) is 4.79 Å². The first-order chi connectivity index (χ1) is 8.25. The van der Waals surface area contributed by atoms with Crippen LogP contribution in [0.3, 0.4) is 0 Å². The Kier molecular flexibility index (Phi) is 4.15. The lowest BCUT2D eigenvalue weighted by atomic mass is 10.0. The molecule has 0 aliphatic carbocycles. The van der Waals surface area contributed by atoms with Crippen LogP contribution in [-0.2, 0) is 11.3 Å². The molecule has 1 fully saturated rings. The number of nitrogens with one attached hydrogen (secondary N) is 1. The van der Waals surface area contributed by atoms with Gasteiger partial charge in [-0.1, -0.05) is 30.3 Å². The molecule has 1 aliphatic rings. The standard InChI is InChI=1S/C14H20N2O/c1-16(11-12-5-3-2-4-6-12)14(17)9-13-7-8-15-10-13/h2-6,13,15H,7-11H2,1H3. The number of hydrogen-bond donors (Lipinski definition) is 1. The first-order valence-electron chi connectivity index (χ1n) is 6.24. The summed E-state index contributed by atoms with van der Waals surface area (Å²) >= 11 is 0. The average Bonchev–Trinajstić information content (AvgIpc) is 2.83. The zero-order valence-corrected chi connectivity index (χ0v) is 10.4. The van der Waals surface area contributed by atoms with E-state index < -0.39 is 0 Å². The highest BCUT2D eigenvalue weighted by atomic mass is 16.2. The van der Waals surface area contributed by atoms with E-state index in [1.807, 2.05) is 30.1 Å². The van der Waals surface area contributed by atoms with Crippen molar-refractivity contribution in [2.75, 3.05) is 20.1 Å². The molecule has 0 aromatic heterocycles. The minimum absolute atomic E-state index is 0.252. The van der Waals surface area contributed by atoms with Crippen molar-refractivity contribution in [1.29, 1.82) is 0 Å². The maximum Gasteiger partial charge on any atom is 0.222 e. The van der Waals surface area contributed by atoms with Gasteiger partial charge in [0.05, 0.1) is 0 Å². The average molecular weight is 232 g/mol. The Morgan fingerprint density at radius 3 is 2.82 bits per heavy atom. The molecule has 92 valence electrons. The lowest BCUT2D eigenvalue weighted by Crippen LogP contribution is -2.28. The summed E-state index contributed by atoms with van der Waals surface area (Å²) in [7, 11) is 1.89. The molecule has 2 rings (SSSR count). The number of carbonyl (C=O) groups excluding carboxylic acids is 1. The largest absolute Gasteiger partial charge is 0.341 e. The monoisotopic (exact) mass is 232 g/mol. The highest BCUT2D eigenvalue weighted by molar-refractivity contribution is 5.76. The highest BCUT2D eigenvalue weighted by Gasteiger charge is 2.20. The molecule has 1 amide bonds. The molecule has 1 saturated heterocycles. The first kappa shape index (κ1) is 12.1. The summed E-state index contributed by atoms with van der Waals surface area (Å²) in [5.41, 5.74) is 1.19. The number of rotatable bonds is 4. The van der Waals surface area contributed by atoms with Gasteiger partial charge in [-0.25, -0.2) is 0 Å². The predicted octanol–water partition coefficient (Wildman–Crippen LogP) is 1.64. The summed E-state index contributed by atoms with van der Waals surface area (Å²) in [6.45, 7) is 2.76. The van der Waals surface area contributed by atoms with Gasteiger partial charge in [0.25, 0.3) is 0 Å². The van der Waals surface area contributed by atoms with Crippen LogP contribution in [0.4, 0.5) is 0 Å². The van der Waals surface area contributed by atoms with Crippen LogP contribution in [0.25, 0.3) is 0 Å². The quantitative estimate of drug-likeness (QED) is 0.856. The number of benzene rings is 1. The number of hydrogen-bond acceptors (Lipinski definition) is 2. The van der Waals surface area contributed by atoms with Gasteiger partial charge in [-0.15, -0.1) is 0 Å². The van der Waals surface area contributed by atoms with Crippen molar-refractivity contribution in [1.82, 2.24) is 10.2 Å². The molecule has 1 aromatic rings. The maximum absolute atomic E-state index is 12.0. The van der Waals surface area contributed by atoms with Crippen LogP contribution in [0.15, 0.2) is 30.3 Å². The van der Waals surface area contributed by atoms with Crippen molar-refractivity contribution < 1.29 is 4.79 Å². The lowest BCUT2D eigenvalue weighted by molar-refractivity contribution is -0.131. The summed E-state index contributed by atoms with van der Waals surface area (Å²) in [6.07, 6.45) is 1.81. The Balaban J connectivity index is 1.82. The third-order valence-corrected chi connectivity index (χ3v) is 3.31. The first-order valence-corrected chi connectivity index (χ1v) is 6.24. The molecule has 1 unspecified atom stereocenters. The summed E-state index contributed by atoms with van der Waals surface area (Å²) in [6, 6.07) is 10.1. The fourth-order valence-electron chi connectivity index (χ4n) is 2.24. The van der Waals surface area contributed by atoms with Gasteiger partial charge >= 0.3 is 0 Å². The van der Waals surface area contributed by atoms with E-state index in [9.17, 15) is 4.79 Å². The van der Waals surface area contributed by atoms with Crippen molar-refractivity contribution in [3.05, 3.63) is 35.9 Å². The summed E-state index contributed by atoms with van der Waals surface area (Å²) in [5, 5.41) is 3.30. The summed E-state index contributed by atoms with van der Waals surface area (Å²) in [5.74, 6) is 0.781. The minimum atomic E-state index is 0.252. The van der Waals surface area contributed by atoms with Crippen molar-refractivity contribution in [3.63, 3.8) is 0 Å². The molecule has 0 bridgehead atoms. The van der Waals surface area contributed by atoms with Gasteiger partial charge in [0.15, 0.2) is 0 Å². The normalized spacial score (nSPS) is 19.2. The topological polar surface area (TPSA) is 32.3 Å². The van der Waals surface area contributed by atoms with Gasteiger partial charge in [0.1, 0.15) is 0 Å². The second kappa shape index (κ2) is 5.82. The Morgan fingerprint density at radius 2 is 2.18 bits per heavy atom. The predicted molar refractivity (Wildman–Crippen MR) is 68.5 cm³/mol. The Labute approximate surface area is 103 Å². The van der Waals surface area contributed by atoms with E-state index in [1.165, 1.54) is 5.56 Å². The highest BCUT2D eigenvalue weighted by Crippen LogP contribution is 2.14. The molecular formula is C14H20N2O. The zero-order chi connectivity index (χ0) is 12.1. The zero-order valence-electron chi connectivity index (χ0n) is 10.4.